The molecule has 0 saturated carbocycles. The molecule has 2 aromatic carbocycles. The second-order valence-electron chi connectivity index (χ2n) is 4.77. The van der Waals surface area contributed by atoms with Gasteiger partial charge in [-0.25, -0.2) is 0 Å². The van der Waals surface area contributed by atoms with Crippen molar-refractivity contribution in [1.29, 1.82) is 0 Å². The van der Waals surface area contributed by atoms with E-state index in [9.17, 15) is 4.79 Å². The number of rotatable bonds is 4. The molecule has 1 heterocycles. The third kappa shape index (κ3) is 2.72. The van der Waals surface area contributed by atoms with E-state index in [1.54, 1.807) is 0 Å². The first-order valence-electron chi connectivity index (χ1n) is 6.72. The number of H-pyrrole nitrogens is 1. The lowest BCUT2D eigenvalue weighted by molar-refractivity contribution is 0.0954. The van der Waals surface area contributed by atoms with E-state index in [1.807, 2.05) is 48.7 Å². The van der Waals surface area contributed by atoms with Gasteiger partial charge < -0.3 is 10.3 Å². The number of fused-ring (bicyclic) bond motifs is 1. The Bertz CT molecular complexity index is 716. The number of hydrogen-bond acceptors (Lipinski definition) is 1. The van der Waals surface area contributed by atoms with Crippen LogP contribution in [0, 0.1) is 0 Å². The van der Waals surface area contributed by atoms with Crippen LogP contribution in [0.15, 0.2) is 60.8 Å². The summed E-state index contributed by atoms with van der Waals surface area (Å²) in [6, 6.07) is 17.8. The minimum atomic E-state index is -0.0240. The second kappa shape index (κ2) is 5.61. The monoisotopic (exact) mass is 264 g/mol. The highest BCUT2D eigenvalue weighted by Gasteiger charge is 2.06. The van der Waals surface area contributed by atoms with Crippen LogP contribution < -0.4 is 5.32 Å². The first kappa shape index (κ1) is 12.5. The van der Waals surface area contributed by atoms with Gasteiger partial charge in [-0.2, -0.15) is 0 Å². The van der Waals surface area contributed by atoms with E-state index in [2.05, 4.69) is 22.4 Å². The van der Waals surface area contributed by atoms with E-state index >= 15 is 0 Å². The van der Waals surface area contributed by atoms with E-state index in [0.717, 1.165) is 17.3 Å². The van der Waals surface area contributed by atoms with Crippen molar-refractivity contribution in [1.82, 2.24) is 10.3 Å². The maximum absolute atomic E-state index is 12.1. The van der Waals surface area contributed by atoms with Gasteiger partial charge in [-0.05, 0) is 36.2 Å². The molecule has 0 unspecified atom stereocenters. The van der Waals surface area contributed by atoms with Crippen molar-refractivity contribution in [3.63, 3.8) is 0 Å². The standard InChI is InChI=1S/C17H16N2O/c20-17(19-10-8-13-4-2-1-3-5-13)15-6-7-16-14(12-15)9-11-18-16/h1-7,9,11-12,18H,8,10H2,(H,19,20). The van der Waals surface area contributed by atoms with Crippen molar-refractivity contribution in [2.24, 2.45) is 0 Å². The number of aromatic nitrogens is 1. The fourth-order valence-electron chi connectivity index (χ4n) is 2.26. The SMILES string of the molecule is O=C(NCCc1ccccc1)c1ccc2[nH]ccc2c1. The Balaban J connectivity index is 1.61. The van der Waals surface area contributed by atoms with E-state index in [4.69, 9.17) is 0 Å². The van der Waals surface area contributed by atoms with E-state index in [0.29, 0.717) is 12.1 Å². The van der Waals surface area contributed by atoms with E-state index < -0.39 is 0 Å². The molecule has 0 aliphatic carbocycles. The van der Waals surface area contributed by atoms with Crippen LogP contribution in [0.4, 0.5) is 0 Å². The molecule has 0 fully saturated rings. The van der Waals surface area contributed by atoms with Crippen molar-refractivity contribution in [3.05, 3.63) is 71.9 Å². The van der Waals surface area contributed by atoms with Crippen LogP contribution in [0.25, 0.3) is 10.9 Å². The van der Waals surface area contributed by atoms with Gasteiger partial charge in [0.15, 0.2) is 0 Å². The molecule has 2 N–H and O–H groups in total. The normalized spacial score (nSPS) is 10.6. The number of aromatic amines is 1. The zero-order valence-electron chi connectivity index (χ0n) is 11.1. The van der Waals surface area contributed by atoms with Crippen molar-refractivity contribution in [2.45, 2.75) is 6.42 Å². The summed E-state index contributed by atoms with van der Waals surface area (Å²) in [4.78, 5) is 15.2. The van der Waals surface area contributed by atoms with Crippen molar-refractivity contribution >= 4 is 16.8 Å². The molecule has 3 rings (SSSR count). The summed E-state index contributed by atoms with van der Waals surface area (Å²) in [5, 5.41) is 4.01. The molecule has 0 spiro atoms. The van der Waals surface area contributed by atoms with Gasteiger partial charge in [0.1, 0.15) is 0 Å². The van der Waals surface area contributed by atoms with Crippen LogP contribution in [-0.2, 0) is 6.42 Å². The molecule has 3 nitrogen and oxygen atoms in total. The Morgan fingerprint density at radius 3 is 2.75 bits per heavy atom. The number of amides is 1. The predicted octanol–water partition coefficient (Wildman–Crippen LogP) is 3.14. The summed E-state index contributed by atoms with van der Waals surface area (Å²) < 4.78 is 0. The Kier molecular flexibility index (Phi) is 3.50. The maximum Gasteiger partial charge on any atom is 0.251 e. The zero-order valence-corrected chi connectivity index (χ0v) is 11.1. The molecule has 0 aliphatic heterocycles. The summed E-state index contributed by atoms with van der Waals surface area (Å²) in [6.45, 7) is 0.647. The van der Waals surface area contributed by atoms with Gasteiger partial charge in [-0.3, -0.25) is 4.79 Å². The molecule has 0 saturated heterocycles. The molecule has 20 heavy (non-hydrogen) atoms. The van der Waals surface area contributed by atoms with Crippen LogP contribution in [0.3, 0.4) is 0 Å². The van der Waals surface area contributed by atoms with Gasteiger partial charge in [0.05, 0.1) is 0 Å². The number of benzene rings is 2. The quantitative estimate of drug-likeness (QED) is 0.747. The average Bonchev–Trinajstić information content (AvgIpc) is 2.95. The summed E-state index contributed by atoms with van der Waals surface area (Å²) in [5.41, 5.74) is 2.98. The van der Waals surface area contributed by atoms with Gasteiger partial charge >= 0.3 is 0 Å². The molecule has 3 heteroatoms. The fraction of sp³-hybridized carbons (Fsp3) is 0.118. The van der Waals surface area contributed by atoms with Gasteiger partial charge in [0.25, 0.3) is 5.91 Å². The lowest BCUT2D eigenvalue weighted by Crippen LogP contribution is -2.25. The summed E-state index contributed by atoms with van der Waals surface area (Å²) >= 11 is 0. The van der Waals surface area contributed by atoms with Crippen molar-refractivity contribution in [2.75, 3.05) is 6.54 Å². The van der Waals surface area contributed by atoms with Gasteiger partial charge in [0.2, 0.25) is 0 Å². The molecule has 0 radical (unpaired) electrons. The number of nitrogens with one attached hydrogen (secondary N) is 2. The topological polar surface area (TPSA) is 44.9 Å². The minimum absolute atomic E-state index is 0.0240. The highest BCUT2D eigenvalue weighted by atomic mass is 16.1. The Hall–Kier alpha value is -2.55. The van der Waals surface area contributed by atoms with Crippen LogP contribution in [-0.4, -0.2) is 17.4 Å². The summed E-state index contributed by atoms with van der Waals surface area (Å²) in [6.07, 6.45) is 2.72. The van der Waals surface area contributed by atoms with E-state index in [-0.39, 0.29) is 5.91 Å². The zero-order chi connectivity index (χ0) is 13.8. The fourth-order valence-corrected chi connectivity index (χ4v) is 2.26. The number of carbonyl (C=O) groups excluding carboxylic acids is 1. The van der Waals surface area contributed by atoms with Crippen molar-refractivity contribution in [3.8, 4) is 0 Å². The molecular formula is C17H16N2O. The second-order valence-corrected chi connectivity index (χ2v) is 4.77. The molecule has 3 aromatic rings. The first-order chi connectivity index (χ1) is 9.83. The molecule has 100 valence electrons. The lowest BCUT2D eigenvalue weighted by Gasteiger charge is -2.05. The smallest absolute Gasteiger partial charge is 0.251 e. The van der Waals surface area contributed by atoms with Gasteiger partial charge in [-0.15, -0.1) is 0 Å². The molecular weight excluding hydrogens is 248 g/mol. The average molecular weight is 264 g/mol. The Morgan fingerprint density at radius 2 is 1.90 bits per heavy atom. The van der Waals surface area contributed by atoms with Crippen LogP contribution in [0.5, 0.6) is 0 Å². The molecule has 0 bridgehead atoms. The van der Waals surface area contributed by atoms with Crippen molar-refractivity contribution < 1.29 is 4.79 Å². The predicted molar refractivity (Wildman–Crippen MR) is 80.8 cm³/mol. The number of carbonyl (C=O) groups is 1. The molecule has 1 aromatic heterocycles. The summed E-state index contributed by atoms with van der Waals surface area (Å²) in [7, 11) is 0. The van der Waals surface area contributed by atoms with Crippen LogP contribution >= 0.6 is 0 Å². The Labute approximate surface area is 117 Å². The molecule has 0 atom stereocenters. The highest BCUT2D eigenvalue weighted by Crippen LogP contribution is 2.14. The lowest BCUT2D eigenvalue weighted by atomic mass is 10.1. The minimum Gasteiger partial charge on any atom is -0.361 e. The van der Waals surface area contributed by atoms with E-state index in [1.165, 1.54) is 5.56 Å². The first-order valence-corrected chi connectivity index (χ1v) is 6.72. The highest BCUT2D eigenvalue weighted by molar-refractivity contribution is 5.98. The van der Waals surface area contributed by atoms with Crippen LogP contribution in [0.2, 0.25) is 0 Å². The molecule has 1 amide bonds. The van der Waals surface area contributed by atoms with Gasteiger partial charge in [0, 0.05) is 29.2 Å². The third-order valence-electron chi connectivity index (χ3n) is 3.36. The summed E-state index contributed by atoms with van der Waals surface area (Å²) in [5.74, 6) is -0.0240. The van der Waals surface area contributed by atoms with Gasteiger partial charge in [-0.1, -0.05) is 30.3 Å². The maximum atomic E-state index is 12.1. The van der Waals surface area contributed by atoms with Crippen LogP contribution in [0.1, 0.15) is 15.9 Å². The largest absolute Gasteiger partial charge is 0.361 e. The third-order valence-corrected chi connectivity index (χ3v) is 3.36. The Morgan fingerprint density at radius 1 is 1.05 bits per heavy atom. The number of hydrogen-bond donors (Lipinski definition) is 2. The molecule has 0 aliphatic rings.